The maximum absolute atomic E-state index is 11.7. The fraction of sp³-hybridized carbons (Fsp3) is 0.455. The summed E-state index contributed by atoms with van der Waals surface area (Å²) in [6.07, 6.45) is 2.37. The van der Waals surface area contributed by atoms with Crippen LogP contribution in [-0.2, 0) is 11.3 Å². The monoisotopic (exact) mass is 279 g/mol. The molecule has 1 atom stereocenters. The van der Waals surface area contributed by atoms with Gasteiger partial charge in [0, 0.05) is 13.2 Å². The Labute approximate surface area is 114 Å². The summed E-state index contributed by atoms with van der Waals surface area (Å²) in [4.78, 5) is 17.4. The van der Waals surface area contributed by atoms with Crippen LogP contribution in [-0.4, -0.2) is 28.9 Å². The highest BCUT2D eigenvalue weighted by Crippen LogP contribution is 2.01. The quantitative estimate of drug-likeness (QED) is 0.911. The molecule has 0 unspecified atom stereocenters. The van der Waals surface area contributed by atoms with E-state index in [4.69, 9.17) is 5.73 Å². The lowest BCUT2D eigenvalue weighted by Crippen LogP contribution is -2.41. The van der Waals surface area contributed by atoms with Gasteiger partial charge in [0.05, 0.1) is 18.3 Å². The third kappa shape index (κ3) is 5.86. The first-order valence-electron chi connectivity index (χ1n) is 5.05. The fourth-order valence-corrected chi connectivity index (χ4v) is 1.27. The van der Waals surface area contributed by atoms with Crippen molar-refractivity contribution < 1.29 is 4.79 Å². The molecular weight excluding hydrogens is 261 g/mol. The van der Waals surface area contributed by atoms with Crippen molar-refractivity contribution in [2.24, 2.45) is 5.73 Å². The predicted molar refractivity (Wildman–Crippen MR) is 73.5 cm³/mol. The highest BCUT2D eigenvalue weighted by molar-refractivity contribution is 5.85. The Morgan fingerprint density at radius 3 is 2.59 bits per heavy atom. The molecule has 0 aliphatic heterocycles. The van der Waals surface area contributed by atoms with E-state index in [0.29, 0.717) is 13.0 Å². The minimum absolute atomic E-state index is 0. The number of hydrogen-bond acceptors (Lipinski definition) is 3. The maximum Gasteiger partial charge on any atom is 0.239 e. The molecule has 0 bridgehead atoms. The molecule has 1 heterocycles. The van der Waals surface area contributed by atoms with Crippen LogP contribution in [0.1, 0.15) is 19.0 Å². The van der Waals surface area contributed by atoms with Crippen LogP contribution in [0.3, 0.4) is 0 Å². The molecule has 0 saturated carbocycles. The Morgan fingerprint density at radius 2 is 2.12 bits per heavy atom. The number of amides is 1. The first kappa shape index (κ1) is 18.5. The zero-order valence-corrected chi connectivity index (χ0v) is 11.6. The summed E-state index contributed by atoms with van der Waals surface area (Å²) in [6, 6.07) is 5.24. The van der Waals surface area contributed by atoms with Crippen LogP contribution in [0.4, 0.5) is 0 Å². The molecule has 1 amide bonds. The number of likely N-dealkylation sites (N-methyl/N-ethyl adjacent to an activating group) is 1. The van der Waals surface area contributed by atoms with Crippen LogP contribution in [0.25, 0.3) is 0 Å². The van der Waals surface area contributed by atoms with E-state index in [1.807, 2.05) is 25.1 Å². The van der Waals surface area contributed by atoms with Crippen molar-refractivity contribution in [1.82, 2.24) is 9.88 Å². The molecule has 6 heteroatoms. The standard InChI is InChI=1S/C11H17N3O.2ClH/c1-3-10(12)11(15)14(2)8-9-6-4-5-7-13-9;;/h4-7,10H,3,8,12H2,1-2H3;2*1H/t10-;;/m0../s1. The SMILES string of the molecule is CC[C@H](N)C(=O)N(C)Cc1ccccn1.Cl.Cl. The van der Waals surface area contributed by atoms with E-state index in [1.54, 1.807) is 18.1 Å². The van der Waals surface area contributed by atoms with Gasteiger partial charge in [0.25, 0.3) is 0 Å². The highest BCUT2D eigenvalue weighted by Gasteiger charge is 2.16. The Hall–Kier alpha value is -0.840. The van der Waals surface area contributed by atoms with Gasteiger partial charge in [-0.3, -0.25) is 9.78 Å². The van der Waals surface area contributed by atoms with Crippen LogP contribution >= 0.6 is 24.8 Å². The third-order valence-electron chi connectivity index (χ3n) is 2.26. The topological polar surface area (TPSA) is 59.2 Å². The van der Waals surface area contributed by atoms with E-state index in [0.717, 1.165) is 5.69 Å². The second-order valence-electron chi connectivity index (χ2n) is 3.53. The lowest BCUT2D eigenvalue weighted by Gasteiger charge is -2.19. The number of nitrogens with zero attached hydrogens (tertiary/aromatic N) is 2. The number of carbonyl (C=O) groups excluding carboxylic acids is 1. The zero-order valence-electron chi connectivity index (χ0n) is 10.00. The molecular formula is C11H19Cl2N3O. The fourth-order valence-electron chi connectivity index (χ4n) is 1.27. The van der Waals surface area contributed by atoms with E-state index in [1.165, 1.54) is 0 Å². The molecule has 1 rings (SSSR count). The molecule has 0 saturated heterocycles. The third-order valence-corrected chi connectivity index (χ3v) is 2.26. The van der Waals surface area contributed by atoms with E-state index in [2.05, 4.69) is 4.98 Å². The van der Waals surface area contributed by atoms with Gasteiger partial charge < -0.3 is 10.6 Å². The molecule has 17 heavy (non-hydrogen) atoms. The second-order valence-corrected chi connectivity index (χ2v) is 3.53. The molecule has 0 radical (unpaired) electrons. The molecule has 0 spiro atoms. The van der Waals surface area contributed by atoms with Crippen LogP contribution in [0, 0.1) is 0 Å². The lowest BCUT2D eigenvalue weighted by atomic mass is 10.2. The van der Waals surface area contributed by atoms with Gasteiger partial charge in [0.2, 0.25) is 5.91 Å². The molecule has 0 aromatic carbocycles. The largest absolute Gasteiger partial charge is 0.339 e. The average Bonchev–Trinajstić information content (AvgIpc) is 2.28. The summed E-state index contributed by atoms with van der Waals surface area (Å²) in [6.45, 7) is 2.41. The van der Waals surface area contributed by atoms with Crippen LogP contribution in [0.2, 0.25) is 0 Å². The van der Waals surface area contributed by atoms with Gasteiger partial charge in [-0.25, -0.2) is 0 Å². The van der Waals surface area contributed by atoms with Crippen LogP contribution < -0.4 is 5.73 Å². The van der Waals surface area contributed by atoms with Crippen molar-refractivity contribution in [3.63, 3.8) is 0 Å². The van der Waals surface area contributed by atoms with Crippen molar-refractivity contribution in [2.75, 3.05) is 7.05 Å². The minimum Gasteiger partial charge on any atom is -0.339 e. The van der Waals surface area contributed by atoms with Gasteiger partial charge in [-0.1, -0.05) is 13.0 Å². The number of aromatic nitrogens is 1. The summed E-state index contributed by atoms with van der Waals surface area (Å²) in [7, 11) is 1.74. The van der Waals surface area contributed by atoms with Gasteiger partial charge in [-0.15, -0.1) is 24.8 Å². The van der Waals surface area contributed by atoms with Gasteiger partial charge in [-0.2, -0.15) is 0 Å². The second kappa shape index (κ2) is 9.22. The lowest BCUT2D eigenvalue weighted by molar-refractivity contribution is -0.131. The Bertz CT molecular complexity index is 322. The molecule has 2 N–H and O–H groups in total. The smallest absolute Gasteiger partial charge is 0.239 e. The van der Waals surface area contributed by atoms with Gasteiger partial charge in [0.15, 0.2) is 0 Å². The predicted octanol–water partition coefficient (Wildman–Crippen LogP) is 1.62. The highest BCUT2D eigenvalue weighted by atomic mass is 35.5. The molecule has 0 aliphatic carbocycles. The molecule has 4 nitrogen and oxygen atoms in total. The number of pyridine rings is 1. The Kier molecular flexibility index (Phi) is 10.0. The molecule has 98 valence electrons. The maximum atomic E-state index is 11.7. The summed E-state index contributed by atoms with van der Waals surface area (Å²) < 4.78 is 0. The number of nitrogens with two attached hydrogens (primary N) is 1. The van der Waals surface area contributed by atoms with E-state index < -0.39 is 6.04 Å². The van der Waals surface area contributed by atoms with Crippen molar-refractivity contribution in [3.05, 3.63) is 30.1 Å². The average molecular weight is 280 g/mol. The van der Waals surface area contributed by atoms with Crippen LogP contribution in [0.5, 0.6) is 0 Å². The van der Waals surface area contributed by atoms with E-state index in [9.17, 15) is 4.79 Å². The summed E-state index contributed by atoms with van der Waals surface area (Å²) in [5, 5.41) is 0. The number of carbonyl (C=O) groups is 1. The Morgan fingerprint density at radius 1 is 1.47 bits per heavy atom. The summed E-state index contributed by atoms with van der Waals surface area (Å²) in [5.74, 6) is -0.0387. The number of halogens is 2. The molecule has 1 aromatic rings. The van der Waals surface area contributed by atoms with Gasteiger partial charge in [0.1, 0.15) is 0 Å². The molecule has 0 aliphatic rings. The summed E-state index contributed by atoms with van der Waals surface area (Å²) in [5.41, 5.74) is 6.53. The zero-order chi connectivity index (χ0) is 11.3. The van der Waals surface area contributed by atoms with E-state index >= 15 is 0 Å². The molecule has 0 fully saturated rings. The van der Waals surface area contributed by atoms with Gasteiger partial charge in [-0.05, 0) is 18.6 Å². The normalized spacial score (nSPS) is 10.8. The van der Waals surface area contributed by atoms with Crippen molar-refractivity contribution in [3.8, 4) is 0 Å². The number of rotatable bonds is 4. The van der Waals surface area contributed by atoms with Crippen molar-refractivity contribution in [2.45, 2.75) is 25.9 Å². The van der Waals surface area contributed by atoms with Gasteiger partial charge >= 0.3 is 0 Å². The first-order valence-corrected chi connectivity index (χ1v) is 5.05. The van der Waals surface area contributed by atoms with Crippen molar-refractivity contribution in [1.29, 1.82) is 0 Å². The van der Waals surface area contributed by atoms with Crippen LogP contribution in [0.15, 0.2) is 24.4 Å². The van der Waals surface area contributed by atoms with Crippen molar-refractivity contribution >= 4 is 30.7 Å². The number of hydrogen-bond donors (Lipinski definition) is 1. The van der Waals surface area contributed by atoms with E-state index in [-0.39, 0.29) is 30.7 Å². The molecule has 1 aromatic heterocycles. The summed E-state index contributed by atoms with van der Waals surface area (Å²) >= 11 is 0. The first-order chi connectivity index (χ1) is 7.15. The Balaban J connectivity index is 0. The minimum atomic E-state index is -0.404.